The van der Waals surface area contributed by atoms with E-state index in [1.807, 2.05) is 45.4 Å². The number of benzene rings is 1. The van der Waals surface area contributed by atoms with Crippen LogP contribution >= 0.6 is 11.8 Å². The molecule has 94 valence electrons. The van der Waals surface area contributed by atoms with E-state index in [9.17, 15) is 4.79 Å². The molecule has 0 bridgehead atoms. The second kappa shape index (κ2) is 6.55. The average Bonchev–Trinajstić information content (AvgIpc) is 2.28. The maximum Gasteiger partial charge on any atom is 0.251 e. The van der Waals surface area contributed by atoms with Crippen LogP contribution in [0.3, 0.4) is 0 Å². The maximum absolute atomic E-state index is 12.0. The van der Waals surface area contributed by atoms with E-state index in [1.54, 1.807) is 11.8 Å². The van der Waals surface area contributed by atoms with Crippen LogP contribution in [0.2, 0.25) is 0 Å². The summed E-state index contributed by atoms with van der Waals surface area (Å²) in [6.45, 7) is 3.97. The minimum absolute atomic E-state index is 0.00621. The molecular formula is C13H20N2OS. The van der Waals surface area contributed by atoms with E-state index in [-0.39, 0.29) is 11.9 Å². The van der Waals surface area contributed by atoms with Crippen molar-refractivity contribution in [1.29, 1.82) is 0 Å². The summed E-state index contributed by atoms with van der Waals surface area (Å²) in [6.07, 6.45) is 2.04. The van der Waals surface area contributed by atoms with Crippen molar-refractivity contribution >= 4 is 23.4 Å². The highest BCUT2D eigenvalue weighted by atomic mass is 32.2. The smallest absolute Gasteiger partial charge is 0.251 e. The van der Waals surface area contributed by atoms with Crippen molar-refractivity contribution < 1.29 is 4.79 Å². The third-order valence-corrected chi connectivity index (χ3v) is 3.39. The van der Waals surface area contributed by atoms with Crippen LogP contribution in [0.5, 0.6) is 0 Å². The molecule has 4 heteroatoms. The van der Waals surface area contributed by atoms with Crippen LogP contribution in [0, 0.1) is 6.92 Å². The fourth-order valence-corrected chi connectivity index (χ4v) is 2.25. The standard InChI is InChI=1S/C13H20N2OS/c1-9-7-11(14-3)5-6-12(9)13(16)15-10(2)8-17-4/h5-7,10,14H,8H2,1-4H3,(H,15,16). The molecule has 0 radical (unpaired) electrons. The van der Waals surface area contributed by atoms with Gasteiger partial charge in [0.1, 0.15) is 0 Å². The molecule has 2 N–H and O–H groups in total. The Kier molecular flexibility index (Phi) is 5.35. The van der Waals surface area contributed by atoms with Gasteiger partial charge in [0, 0.05) is 30.1 Å². The van der Waals surface area contributed by atoms with E-state index >= 15 is 0 Å². The van der Waals surface area contributed by atoms with Crippen molar-refractivity contribution in [1.82, 2.24) is 5.32 Å². The Bertz CT molecular complexity index is 393. The topological polar surface area (TPSA) is 41.1 Å². The van der Waals surface area contributed by atoms with Crippen LogP contribution < -0.4 is 10.6 Å². The quantitative estimate of drug-likeness (QED) is 0.846. The predicted molar refractivity (Wildman–Crippen MR) is 76.0 cm³/mol. The van der Waals surface area contributed by atoms with E-state index in [1.165, 1.54) is 0 Å². The fraction of sp³-hybridized carbons (Fsp3) is 0.462. The molecule has 0 aliphatic rings. The summed E-state index contributed by atoms with van der Waals surface area (Å²) in [5.74, 6) is 0.936. The van der Waals surface area contributed by atoms with Gasteiger partial charge >= 0.3 is 0 Å². The minimum atomic E-state index is 0.00621. The normalized spacial score (nSPS) is 12.0. The fourth-order valence-electron chi connectivity index (χ4n) is 1.67. The second-order valence-corrected chi connectivity index (χ2v) is 5.02. The zero-order valence-corrected chi connectivity index (χ0v) is 11.6. The monoisotopic (exact) mass is 252 g/mol. The summed E-state index contributed by atoms with van der Waals surface area (Å²) in [5, 5.41) is 6.06. The van der Waals surface area contributed by atoms with Crippen LogP contribution in [0.4, 0.5) is 5.69 Å². The molecule has 1 atom stereocenters. The number of hydrogen-bond donors (Lipinski definition) is 2. The lowest BCUT2D eigenvalue weighted by Gasteiger charge is -2.14. The summed E-state index contributed by atoms with van der Waals surface area (Å²) < 4.78 is 0. The molecular weight excluding hydrogens is 232 g/mol. The molecule has 0 saturated heterocycles. The first-order valence-electron chi connectivity index (χ1n) is 5.66. The number of anilines is 1. The van der Waals surface area contributed by atoms with Crippen LogP contribution in [-0.4, -0.2) is 31.0 Å². The molecule has 0 aromatic heterocycles. The van der Waals surface area contributed by atoms with Crippen molar-refractivity contribution in [3.63, 3.8) is 0 Å². The molecule has 17 heavy (non-hydrogen) atoms. The van der Waals surface area contributed by atoms with Crippen molar-refractivity contribution in [3.8, 4) is 0 Å². The minimum Gasteiger partial charge on any atom is -0.388 e. The number of aryl methyl sites for hydroxylation is 1. The SMILES string of the molecule is CNc1ccc(C(=O)NC(C)CSC)c(C)c1. The van der Waals surface area contributed by atoms with Gasteiger partial charge in [-0.2, -0.15) is 11.8 Å². The largest absolute Gasteiger partial charge is 0.388 e. The molecule has 0 saturated carbocycles. The zero-order chi connectivity index (χ0) is 12.8. The average molecular weight is 252 g/mol. The zero-order valence-electron chi connectivity index (χ0n) is 10.8. The highest BCUT2D eigenvalue weighted by molar-refractivity contribution is 7.98. The molecule has 0 aliphatic carbocycles. The van der Waals surface area contributed by atoms with Gasteiger partial charge in [0.05, 0.1) is 0 Å². The number of nitrogens with one attached hydrogen (secondary N) is 2. The number of carbonyl (C=O) groups excluding carboxylic acids is 1. The molecule has 1 aromatic carbocycles. The van der Waals surface area contributed by atoms with Gasteiger partial charge in [0.25, 0.3) is 5.91 Å². The highest BCUT2D eigenvalue weighted by Gasteiger charge is 2.11. The lowest BCUT2D eigenvalue weighted by molar-refractivity contribution is 0.0943. The third kappa shape index (κ3) is 3.97. The summed E-state index contributed by atoms with van der Waals surface area (Å²) >= 11 is 1.73. The van der Waals surface area contributed by atoms with Gasteiger partial charge in [-0.15, -0.1) is 0 Å². The Balaban J connectivity index is 2.75. The molecule has 3 nitrogen and oxygen atoms in total. The highest BCUT2D eigenvalue weighted by Crippen LogP contribution is 2.14. The predicted octanol–water partition coefficient (Wildman–Crippen LogP) is 2.52. The molecule has 1 amide bonds. The van der Waals surface area contributed by atoms with E-state index in [0.29, 0.717) is 0 Å². The Morgan fingerprint density at radius 3 is 2.71 bits per heavy atom. The number of carbonyl (C=O) groups is 1. The molecule has 0 spiro atoms. The summed E-state index contributed by atoms with van der Waals surface area (Å²) in [4.78, 5) is 12.0. The lowest BCUT2D eigenvalue weighted by Crippen LogP contribution is -2.34. The lowest BCUT2D eigenvalue weighted by atomic mass is 10.1. The van der Waals surface area contributed by atoms with E-state index in [0.717, 1.165) is 22.6 Å². The summed E-state index contributed by atoms with van der Waals surface area (Å²) in [7, 11) is 1.87. The molecule has 1 unspecified atom stereocenters. The van der Waals surface area contributed by atoms with Crippen LogP contribution in [0.1, 0.15) is 22.8 Å². The van der Waals surface area contributed by atoms with Crippen molar-refractivity contribution in [2.75, 3.05) is 24.4 Å². The van der Waals surface area contributed by atoms with E-state index in [2.05, 4.69) is 10.6 Å². The van der Waals surface area contributed by atoms with Crippen molar-refractivity contribution in [3.05, 3.63) is 29.3 Å². The van der Waals surface area contributed by atoms with Gasteiger partial charge in [-0.05, 0) is 43.9 Å². The second-order valence-electron chi connectivity index (χ2n) is 4.11. The van der Waals surface area contributed by atoms with Crippen LogP contribution in [0.15, 0.2) is 18.2 Å². The van der Waals surface area contributed by atoms with Crippen molar-refractivity contribution in [2.24, 2.45) is 0 Å². The number of amides is 1. The van der Waals surface area contributed by atoms with E-state index in [4.69, 9.17) is 0 Å². The molecule has 1 aromatic rings. The van der Waals surface area contributed by atoms with Gasteiger partial charge in [-0.3, -0.25) is 4.79 Å². The number of hydrogen-bond acceptors (Lipinski definition) is 3. The van der Waals surface area contributed by atoms with Gasteiger partial charge in [0.15, 0.2) is 0 Å². The van der Waals surface area contributed by atoms with Gasteiger partial charge in [-0.25, -0.2) is 0 Å². The Morgan fingerprint density at radius 2 is 2.18 bits per heavy atom. The first-order chi connectivity index (χ1) is 8.08. The molecule has 0 fully saturated rings. The molecule has 1 rings (SSSR count). The Labute approximate surface area is 107 Å². The molecule has 0 aliphatic heterocycles. The third-order valence-electron chi connectivity index (χ3n) is 2.55. The number of thioether (sulfide) groups is 1. The van der Waals surface area contributed by atoms with Gasteiger partial charge in [-0.1, -0.05) is 0 Å². The summed E-state index contributed by atoms with van der Waals surface area (Å²) in [6, 6.07) is 5.96. The van der Waals surface area contributed by atoms with Crippen LogP contribution in [-0.2, 0) is 0 Å². The Morgan fingerprint density at radius 1 is 1.47 bits per heavy atom. The van der Waals surface area contributed by atoms with Gasteiger partial charge in [0.2, 0.25) is 0 Å². The first kappa shape index (κ1) is 13.9. The van der Waals surface area contributed by atoms with E-state index < -0.39 is 0 Å². The number of rotatable bonds is 5. The van der Waals surface area contributed by atoms with Crippen molar-refractivity contribution in [2.45, 2.75) is 19.9 Å². The summed E-state index contributed by atoms with van der Waals surface area (Å²) in [5.41, 5.74) is 2.76. The Hall–Kier alpha value is -1.16. The van der Waals surface area contributed by atoms with Crippen LogP contribution in [0.25, 0.3) is 0 Å². The maximum atomic E-state index is 12.0. The van der Waals surface area contributed by atoms with Gasteiger partial charge < -0.3 is 10.6 Å². The molecule has 0 heterocycles. The first-order valence-corrected chi connectivity index (χ1v) is 7.06.